The highest BCUT2D eigenvalue weighted by atomic mass is 16.6. The zero-order valence-corrected chi connectivity index (χ0v) is 14.5. The lowest BCUT2D eigenvalue weighted by Gasteiger charge is -2.09. The zero-order valence-electron chi connectivity index (χ0n) is 14.5. The fourth-order valence-corrected chi connectivity index (χ4v) is 2.56. The summed E-state index contributed by atoms with van der Waals surface area (Å²) < 4.78 is 5.50. The standard InChI is InChI=1S/C19H23N3O4/c20-19(23)14-16-8-9-18(17(13-16)22(24)25)26-12-11-21-10-4-7-15-5-2-1-3-6-15/h1-3,5-6,8-9,13,21H,4,7,10-12,14H2,(H2,20,23). The molecule has 2 rings (SSSR count). The Bertz CT molecular complexity index is 735. The first-order valence-corrected chi connectivity index (χ1v) is 8.49. The Morgan fingerprint density at radius 1 is 1.12 bits per heavy atom. The molecule has 0 saturated heterocycles. The third-order valence-corrected chi connectivity index (χ3v) is 3.80. The van der Waals surface area contributed by atoms with Crippen LogP contribution in [0.25, 0.3) is 0 Å². The molecule has 2 aromatic rings. The second-order valence-corrected chi connectivity index (χ2v) is 5.89. The number of aryl methyl sites for hydroxylation is 1. The molecule has 1 amide bonds. The molecule has 0 bridgehead atoms. The Hall–Kier alpha value is -2.93. The molecule has 0 atom stereocenters. The molecule has 0 aliphatic rings. The first-order valence-electron chi connectivity index (χ1n) is 8.49. The average molecular weight is 357 g/mol. The number of amides is 1. The van der Waals surface area contributed by atoms with Crippen molar-refractivity contribution in [3.8, 4) is 5.75 Å². The predicted octanol–water partition coefficient (Wildman–Crippen LogP) is 2.22. The van der Waals surface area contributed by atoms with Crippen molar-refractivity contribution < 1.29 is 14.5 Å². The van der Waals surface area contributed by atoms with E-state index in [1.807, 2.05) is 18.2 Å². The van der Waals surface area contributed by atoms with Crippen molar-refractivity contribution in [3.63, 3.8) is 0 Å². The highest BCUT2D eigenvalue weighted by Crippen LogP contribution is 2.28. The van der Waals surface area contributed by atoms with Crippen molar-refractivity contribution in [2.45, 2.75) is 19.3 Å². The van der Waals surface area contributed by atoms with Gasteiger partial charge in [-0.3, -0.25) is 14.9 Å². The Labute approximate surface area is 152 Å². The van der Waals surface area contributed by atoms with E-state index < -0.39 is 10.8 Å². The Morgan fingerprint density at radius 2 is 1.88 bits per heavy atom. The molecule has 7 heteroatoms. The van der Waals surface area contributed by atoms with Gasteiger partial charge in [-0.05, 0) is 36.6 Å². The van der Waals surface area contributed by atoms with Crippen LogP contribution in [-0.2, 0) is 17.6 Å². The molecule has 0 spiro atoms. The third kappa shape index (κ3) is 6.52. The quantitative estimate of drug-likeness (QED) is 0.364. The minimum Gasteiger partial charge on any atom is -0.485 e. The molecule has 26 heavy (non-hydrogen) atoms. The molecule has 7 nitrogen and oxygen atoms in total. The minimum atomic E-state index is -0.535. The predicted molar refractivity (Wildman–Crippen MR) is 99.1 cm³/mol. The van der Waals surface area contributed by atoms with Gasteiger partial charge in [-0.2, -0.15) is 0 Å². The number of carbonyl (C=O) groups excluding carboxylic acids is 1. The summed E-state index contributed by atoms with van der Waals surface area (Å²) in [6.45, 7) is 1.76. The van der Waals surface area contributed by atoms with Gasteiger partial charge in [-0.15, -0.1) is 0 Å². The van der Waals surface area contributed by atoms with Gasteiger partial charge in [0.1, 0.15) is 6.61 Å². The summed E-state index contributed by atoms with van der Waals surface area (Å²) in [4.78, 5) is 21.6. The molecule has 0 radical (unpaired) electrons. The van der Waals surface area contributed by atoms with Gasteiger partial charge in [0, 0.05) is 12.6 Å². The number of rotatable bonds is 11. The maximum absolute atomic E-state index is 11.2. The fraction of sp³-hybridized carbons (Fsp3) is 0.316. The first-order chi connectivity index (χ1) is 12.6. The lowest BCUT2D eigenvalue weighted by atomic mass is 10.1. The van der Waals surface area contributed by atoms with Gasteiger partial charge >= 0.3 is 5.69 Å². The van der Waals surface area contributed by atoms with E-state index in [-0.39, 0.29) is 17.9 Å². The number of hydrogen-bond donors (Lipinski definition) is 2. The topological polar surface area (TPSA) is 107 Å². The number of ether oxygens (including phenoxy) is 1. The number of nitrogens with two attached hydrogens (primary N) is 1. The van der Waals surface area contributed by atoms with Gasteiger partial charge in [0.15, 0.2) is 5.75 Å². The van der Waals surface area contributed by atoms with E-state index in [4.69, 9.17) is 10.5 Å². The smallest absolute Gasteiger partial charge is 0.311 e. The van der Waals surface area contributed by atoms with Crippen molar-refractivity contribution in [2.24, 2.45) is 5.73 Å². The van der Waals surface area contributed by atoms with E-state index in [1.54, 1.807) is 6.07 Å². The van der Waals surface area contributed by atoms with Crippen molar-refractivity contribution in [3.05, 3.63) is 69.8 Å². The van der Waals surface area contributed by atoms with E-state index >= 15 is 0 Å². The van der Waals surface area contributed by atoms with Crippen LogP contribution in [0.15, 0.2) is 48.5 Å². The highest BCUT2D eigenvalue weighted by molar-refractivity contribution is 5.77. The molecule has 138 valence electrons. The van der Waals surface area contributed by atoms with Crippen LogP contribution < -0.4 is 15.8 Å². The Morgan fingerprint density at radius 3 is 2.58 bits per heavy atom. The number of hydrogen-bond acceptors (Lipinski definition) is 5. The highest BCUT2D eigenvalue weighted by Gasteiger charge is 2.16. The largest absolute Gasteiger partial charge is 0.485 e. The Kier molecular flexibility index (Phi) is 7.57. The van der Waals surface area contributed by atoms with Gasteiger partial charge < -0.3 is 15.8 Å². The van der Waals surface area contributed by atoms with Gasteiger partial charge in [-0.1, -0.05) is 36.4 Å². The van der Waals surface area contributed by atoms with Crippen molar-refractivity contribution in [2.75, 3.05) is 19.7 Å². The molecule has 0 aliphatic carbocycles. The zero-order chi connectivity index (χ0) is 18.8. The van der Waals surface area contributed by atoms with Crippen LogP contribution in [0, 0.1) is 10.1 Å². The number of nitrogens with zero attached hydrogens (tertiary/aromatic N) is 1. The van der Waals surface area contributed by atoms with Crippen LogP contribution in [0.3, 0.4) is 0 Å². The lowest BCUT2D eigenvalue weighted by Crippen LogP contribution is -2.22. The lowest BCUT2D eigenvalue weighted by molar-refractivity contribution is -0.385. The molecular formula is C19H23N3O4. The van der Waals surface area contributed by atoms with Crippen LogP contribution in [0.4, 0.5) is 5.69 Å². The molecule has 0 unspecified atom stereocenters. The summed E-state index contributed by atoms with van der Waals surface area (Å²) in [5, 5.41) is 14.4. The maximum atomic E-state index is 11.2. The second-order valence-electron chi connectivity index (χ2n) is 5.89. The summed E-state index contributed by atoms with van der Waals surface area (Å²) in [6.07, 6.45) is 1.97. The van der Waals surface area contributed by atoms with E-state index in [9.17, 15) is 14.9 Å². The third-order valence-electron chi connectivity index (χ3n) is 3.80. The molecule has 2 aromatic carbocycles. The van der Waals surface area contributed by atoms with Crippen molar-refractivity contribution in [1.82, 2.24) is 5.32 Å². The van der Waals surface area contributed by atoms with Gasteiger partial charge in [0.25, 0.3) is 0 Å². The average Bonchev–Trinajstić information content (AvgIpc) is 2.62. The van der Waals surface area contributed by atoms with Gasteiger partial charge in [0.05, 0.1) is 11.3 Å². The van der Waals surface area contributed by atoms with Crippen LogP contribution in [0.5, 0.6) is 5.75 Å². The summed E-state index contributed by atoms with van der Waals surface area (Å²) in [6, 6.07) is 14.7. The molecular weight excluding hydrogens is 334 g/mol. The summed E-state index contributed by atoms with van der Waals surface area (Å²) in [7, 11) is 0. The van der Waals surface area contributed by atoms with Crippen LogP contribution >= 0.6 is 0 Å². The summed E-state index contributed by atoms with van der Waals surface area (Å²) in [5.74, 6) is -0.345. The SMILES string of the molecule is NC(=O)Cc1ccc(OCCNCCCc2ccccc2)c([N+](=O)[O-])c1. The molecule has 3 N–H and O–H groups in total. The molecule has 0 heterocycles. The van der Waals surface area contributed by atoms with Crippen molar-refractivity contribution in [1.29, 1.82) is 0 Å². The number of primary amides is 1. The van der Waals surface area contributed by atoms with E-state index in [1.165, 1.54) is 17.7 Å². The minimum absolute atomic E-state index is 0.0376. The second kappa shape index (κ2) is 10.1. The molecule has 0 saturated carbocycles. The van der Waals surface area contributed by atoms with Crippen molar-refractivity contribution >= 4 is 11.6 Å². The first kappa shape index (κ1) is 19.4. The normalized spacial score (nSPS) is 10.5. The maximum Gasteiger partial charge on any atom is 0.311 e. The number of nitro groups is 1. The summed E-state index contributed by atoms with van der Waals surface area (Å²) >= 11 is 0. The Balaban J connectivity index is 1.73. The van der Waals surface area contributed by atoms with Crippen LogP contribution in [0.2, 0.25) is 0 Å². The van der Waals surface area contributed by atoms with Crippen LogP contribution in [-0.4, -0.2) is 30.5 Å². The molecule has 0 fully saturated rings. The van der Waals surface area contributed by atoms with Gasteiger partial charge in [-0.25, -0.2) is 0 Å². The number of carbonyl (C=O) groups is 1. The summed E-state index contributed by atoms with van der Waals surface area (Å²) in [5.41, 5.74) is 6.76. The number of nitrogens with one attached hydrogen (secondary N) is 1. The molecule has 0 aromatic heterocycles. The number of benzene rings is 2. The molecule has 0 aliphatic heterocycles. The fourth-order valence-electron chi connectivity index (χ4n) is 2.56. The van der Waals surface area contributed by atoms with E-state index in [0.717, 1.165) is 19.4 Å². The monoisotopic (exact) mass is 357 g/mol. The number of nitro benzene ring substituents is 1. The van der Waals surface area contributed by atoms with Gasteiger partial charge in [0.2, 0.25) is 5.91 Å². The van der Waals surface area contributed by atoms with Crippen LogP contribution in [0.1, 0.15) is 17.5 Å². The van der Waals surface area contributed by atoms with E-state index in [0.29, 0.717) is 18.7 Å². The van der Waals surface area contributed by atoms with E-state index in [2.05, 4.69) is 17.4 Å².